The molecule has 0 radical (unpaired) electrons. The predicted octanol–water partition coefficient (Wildman–Crippen LogP) is 1.48. The molecule has 0 saturated heterocycles. The minimum atomic E-state index is -0.452. The van der Waals surface area contributed by atoms with Gasteiger partial charge in [0, 0.05) is 17.7 Å². The summed E-state index contributed by atoms with van der Waals surface area (Å²) in [6.07, 6.45) is 0. The van der Waals surface area contributed by atoms with Gasteiger partial charge in [0.05, 0.1) is 5.69 Å². The van der Waals surface area contributed by atoms with Crippen LogP contribution in [0.15, 0.2) is 51.8 Å². The van der Waals surface area contributed by atoms with Crippen molar-refractivity contribution < 1.29 is 9.32 Å². The summed E-state index contributed by atoms with van der Waals surface area (Å²) >= 11 is 0. The number of amides is 1. The van der Waals surface area contributed by atoms with Crippen LogP contribution in [0.2, 0.25) is 0 Å². The van der Waals surface area contributed by atoms with Gasteiger partial charge in [-0.15, -0.1) is 0 Å². The summed E-state index contributed by atoms with van der Waals surface area (Å²) in [5.74, 6) is -0.392. The first kappa shape index (κ1) is 16.6. The third kappa shape index (κ3) is 3.97. The van der Waals surface area contributed by atoms with Crippen LogP contribution >= 0.6 is 0 Å². The molecule has 0 atom stereocenters. The average molecular weight is 339 g/mol. The van der Waals surface area contributed by atoms with E-state index in [1.807, 2.05) is 44.2 Å². The van der Waals surface area contributed by atoms with Crippen molar-refractivity contribution in [3.05, 3.63) is 64.5 Å². The fourth-order valence-electron chi connectivity index (χ4n) is 2.19. The zero-order valence-corrected chi connectivity index (χ0v) is 13.8. The van der Waals surface area contributed by atoms with E-state index < -0.39 is 5.91 Å². The molecule has 0 aliphatic rings. The molecule has 128 valence electrons. The third-order valence-electron chi connectivity index (χ3n) is 3.31. The molecular weight excluding hydrogens is 322 g/mol. The van der Waals surface area contributed by atoms with E-state index >= 15 is 0 Å². The molecule has 0 fully saturated rings. The monoisotopic (exact) mass is 339 g/mol. The number of hydrogen-bond donors (Lipinski definition) is 1. The molecule has 2 aromatic heterocycles. The standard InChI is InChI=1S/C17H17N5O3/c1-11(2)18-16(24)17-19-14(21-25-17)10-22-15(23)9-8-13(20-22)12-6-4-3-5-7-12/h3-9,11H,10H2,1-2H3,(H,18,24). The first-order valence-corrected chi connectivity index (χ1v) is 7.80. The highest BCUT2D eigenvalue weighted by atomic mass is 16.5. The Morgan fingerprint density at radius 3 is 2.68 bits per heavy atom. The Bertz CT molecular complexity index is 931. The van der Waals surface area contributed by atoms with Gasteiger partial charge in [0.15, 0.2) is 5.82 Å². The van der Waals surface area contributed by atoms with Gasteiger partial charge in [-0.05, 0) is 19.9 Å². The summed E-state index contributed by atoms with van der Waals surface area (Å²) in [7, 11) is 0. The summed E-state index contributed by atoms with van der Waals surface area (Å²) in [6, 6.07) is 12.5. The van der Waals surface area contributed by atoms with Gasteiger partial charge in [-0.3, -0.25) is 9.59 Å². The Balaban J connectivity index is 1.83. The van der Waals surface area contributed by atoms with E-state index in [1.54, 1.807) is 6.07 Å². The number of nitrogens with one attached hydrogen (secondary N) is 1. The van der Waals surface area contributed by atoms with E-state index in [9.17, 15) is 9.59 Å². The minimum Gasteiger partial charge on any atom is -0.346 e. The maximum absolute atomic E-state index is 12.0. The van der Waals surface area contributed by atoms with Crippen molar-refractivity contribution in [2.45, 2.75) is 26.4 Å². The fraction of sp³-hybridized carbons (Fsp3) is 0.235. The van der Waals surface area contributed by atoms with Crippen molar-refractivity contribution >= 4 is 5.91 Å². The molecule has 3 aromatic rings. The van der Waals surface area contributed by atoms with Crippen LogP contribution in [0.1, 0.15) is 30.4 Å². The lowest BCUT2D eigenvalue weighted by molar-refractivity contribution is 0.0899. The Labute approximate surface area is 143 Å². The van der Waals surface area contributed by atoms with E-state index in [-0.39, 0.29) is 29.9 Å². The Morgan fingerprint density at radius 2 is 1.96 bits per heavy atom. The van der Waals surface area contributed by atoms with Gasteiger partial charge < -0.3 is 9.84 Å². The number of carbonyl (C=O) groups excluding carboxylic acids is 1. The number of carbonyl (C=O) groups is 1. The first-order valence-electron chi connectivity index (χ1n) is 7.80. The van der Waals surface area contributed by atoms with Gasteiger partial charge >= 0.3 is 11.8 Å². The molecule has 0 bridgehead atoms. The van der Waals surface area contributed by atoms with E-state index in [0.717, 1.165) is 5.56 Å². The molecule has 8 nitrogen and oxygen atoms in total. The highest BCUT2D eigenvalue weighted by Crippen LogP contribution is 2.14. The SMILES string of the molecule is CC(C)NC(=O)c1nc(Cn2nc(-c3ccccc3)ccc2=O)no1. The fourth-order valence-corrected chi connectivity index (χ4v) is 2.19. The number of aromatic nitrogens is 4. The second-order valence-corrected chi connectivity index (χ2v) is 5.72. The van der Waals surface area contributed by atoms with Gasteiger partial charge in [-0.1, -0.05) is 35.5 Å². The number of rotatable bonds is 5. The summed E-state index contributed by atoms with van der Waals surface area (Å²) in [5.41, 5.74) is 1.25. The molecule has 1 N–H and O–H groups in total. The highest BCUT2D eigenvalue weighted by molar-refractivity contribution is 5.89. The van der Waals surface area contributed by atoms with E-state index in [1.165, 1.54) is 10.7 Å². The van der Waals surface area contributed by atoms with Crippen LogP contribution in [-0.2, 0) is 6.54 Å². The molecule has 0 aliphatic heterocycles. The number of benzene rings is 1. The lowest BCUT2D eigenvalue weighted by Crippen LogP contribution is -2.30. The second-order valence-electron chi connectivity index (χ2n) is 5.72. The third-order valence-corrected chi connectivity index (χ3v) is 3.31. The molecule has 0 aliphatic carbocycles. The second kappa shape index (κ2) is 7.08. The number of hydrogen-bond acceptors (Lipinski definition) is 6. The molecule has 0 unspecified atom stereocenters. The van der Waals surface area contributed by atoms with Crippen LogP contribution in [0, 0.1) is 0 Å². The van der Waals surface area contributed by atoms with Crippen LogP contribution < -0.4 is 10.9 Å². The van der Waals surface area contributed by atoms with E-state index in [2.05, 4.69) is 20.6 Å². The normalized spacial score (nSPS) is 10.8. The average Bonchev–Trinajstić information content (AvgIpc) is 3.06. The smallest absolute Gasteiger partial charge is 0.316 e. The Kier molecular flexibility index (Phi) is 4.69. The maximum Gasteiger partial charge on any atom is 0.316 e. The van der Waals surface area contributed by atoms with Gasteiger partial charge in [-0.25, -0.2) is 4.68 Å². The summed E-state index contributed by atoms with van der Waals surface area (Å²) < 4.78 is 6.17. The molecule has 0 saturated carbocycles. The van der Waals surface area contributed by atoms with Crippen molar-refractivity contribution in [3.63, 3.8) is 0 Å². The maximum atomic E-state index is 12.0. The molecule has 0 spiro atoms. The van der Waals surface area contributed by atoms with Crippen molar-refractivity contribution in [2.75, 3.05) is 0 Å². The summed E-state index contributed by atoms with van der Waals surface area (Å²) in [4.78, 5) is 27.9. The molecule has 1 amide bonds. The van der Waals surface area contributed by atoms with Crippen molar-refractivity contribution in [3.8, 4) is 11.3 Å². The van der Waals surface area contributed by atoms with E-state index in [4.69, 9.17) is 4.52 Å². The molecular formula is C17H17N5O3. The topological polar surface area (TPSA) is 103 Å². The molecule has 25 heavy (non-hydrogen) atoms. The van der Waals surface area contributed by atoms with Crippen LogP contribution in [0.4, 0.5) is 0 Å². The highest BCUT2D eigenvalue weighted by Gasteiger charge is 2.16. The predicted molar refractivity (Wildman–Crippen MR) is 89.9 cm³/mol. The van der Waals surface area contributed by atoms with E-state index in [0.29, 0.717) is 5.69 Å². The summed E-state index contributed by atoms with van der Waals surface area (Å²) in [6.45, 7) is 3.67. The zero-order valence-electron chi connectivity index (χ0n) is 13.8. The van der Waals surface area contributed by atoms with Gasteiger partial charge in [0.2, 0.25) is 0 Å². The van der Waals surface area contributed by atoms with Crippen LogP contribution in [0.5, 0.6) is 0 Å². The van der Waals surface area contributed by atoms with Crippen LogP contribution in [0.25, 0.3) is 11.3 Å². The van der Waals surface area contributed by atoms with Gasteiger partial charge in [0.1, 0.15) is 6.54 Å². The first-order chi connectivity index (χ1) is 12.0. The quantitative estimate of drug-likeness (QED) is 0.755. The zero-order chi connectivity index (χ0) is 17.8. The van der Waals surface area contributed by atoms with Gasteiger partial charge in [-0.2, -0.15) is 10.1 Å². The lowest BCUT2D eigenvalue weighted by atomic mass is 10.1. The minimum absolute atomic E-state index is 0.0119. The Hall–Kier alpha value is -3.29. The van der Waals surface area contributed by atoms with Gasteiger partial charge in [0.25, 0.3) is 5.56 Å². The van der Waals surface area contributed by atoms with Crippen molar-refractivity contribution in [1.82, 2.24) is 25.2 Å². The Morgan fingerprint density at radius 1 is 1.20 bits per heavy atom. The largest absolute Gasteiger partial charge is 0.346 e. The van der Waals surface area contributed by atoms with Crippen LogP contribution in [-0.4, -0.2) is 31.9 Å². The van der Waals surface area contributed by atoms with Crippen LogP contribution in [0.3, 0.4) is 0 Å². The van der Waals surface area contributed by atoms with Crippen molar-refractivity contribution in [2.24, 2.45) is 0 Å². The van der Waals surface area contributed by atoms with Crippen molar-refractivity contribution in [1.29, 1.82) is 0 Å². The molecule has 1 aromatic carbocycles. The lowest BCUT2D eigenvalue weighted by Gasteiger charge is -2.05. The summed E-state index contributed by atoms with van der Waals surface area (Å²) in [5, 5.41) is 10.7. The molecule has 3 rings (SSSR count). The molecule has 2 heterocycles. The number of nitrogens with zero attached hydrogens (tertiary/aromatic N) is 4. The molecule has 8 heteroatoms.